The number of methoxy groups -OCH3 is 2. The van der Waals surface area contributed by atoms with Gasteiger partial charge in [0.25, 0.3) is 5.56 Å². The van der Waals surface area contributed by atoms with Crippen LogP contribution < -0.4 is 19.6 Å². The Morgan fingerprint density at radius 2 is 1.85 bits per heavy atom. The van der Waals surface area contributed by atoms with E-state index >= 15 is 0 Å². The third kappa shape index (κ3) is 3.03. The second-order valence-corrected chi connectivity index (χ2v) is 6.61. The summed E-state index contributed by atoms with van der Waals surface area (Å²) < 4.78 is 12.7. The standard InChI is InChI=1S/C20H21N3O3/c1-25-17-9-15-16(10-18(17)26-2)21-19(22-20(15)24)12-23-8-7-13-5-3-4-6-14(13)11-23/h7-11H,3-6,12H2,1-2H3/p+1. The van der Waals surface area contributed by atoms with Crippen LogP contribution in [0, 0.1) is 0 Å². The molecule has 26 heavy (non-hydrogen) atoms. The van der Waals surface area contributed by atoms with Crippen molar-refractivity contribution >= 4 is 10.9 Å². The number of hydrogen-bond acceptors (Lipinski definition) is 4. The van der Waals surface area contributed by atoms with Crippen molar-refractivity contribution in [1.82, 2.24) is 9.97 Å². The van der Waals surface area contributed by atoms with Crippen LogP contribution in [0.15, 0.2) is 35.4 Å². The van der Waals surface area contributed by atoms with E-state index in [0.717, 1.165) is 12.8 Å². The lowest BCUT2D eigenvalue weighted by Gasteiger charge is -2.13. The van der Waals surface area contributed by atoms with Gasteiger partial charge in [0.05, 0.1) is 25.1 Å². The molecule has 0 radical (unpaired) electrons. The van der Waals surface area contributed by atoms with E-state index in [9.17, 15) is 4.79 Å². The Balaban J connectivity index is 1.72. The highest BCUT2D eigenvalue weighted by atomic mass is 16.5. The van der Waals surface area contributed by atoms with Gasteiger partial charge in [0, 0.05) is 17.7 Å². The Hall–Kier alpha value is -2.89. The molecule has 0 saturated heterocycles. The van der Waals surface area contributed by atoms with Crippen molar-refractivity contribution in [1.29, 1.82) is 0 Å². The largest absolute Gasteiger partial charge is 0.493 e. The van der Waals surface area contributed by atoms with E-state index < -0.39 is 0 Å². The van der Waals surface area contributed by atoms with E-state index in [1.54, 1.807) is 26.4 Å². The fourth-order valence-corrected chi connectivity index (χ4v) is 3.58. The zero-order chi connectivity index (χ0) is 18.1. The number of fused-ring (bicyclic) bond motifs is 2. The number of aromatic nitrogens is 3. The van der Waals surface area contributed by atoms with Crippen LogP contribution in [-0.2, 0) is 19.4 Å². The highest BCUT2D eigenvalue weighted by Crippen LogP contribution is 2.29. The molecular formula is C20H22N3O3+. The second-order valence-electron chi connectivity index (χ2n) is 6.61. The lowest BCUT2D eigenvalue weighted by atomic mass is 9.93. The molecule has 1 N–H and O–H groups in total. The molecule has 1 aliphatic carbocycles. The lowest BCUT2D eigenvalue weighted by molar-refractivity contribution is -0.689. The van der Waals surface area contributed by atoms with Gasteiger partial charge < -0.3 is 14.5 Å². The normalized spacial score (nSPS) is 13.5. The van der Waals surface area contributed by atoms with Crippen molar-refractivity contribution in [2.24, 2.45) is 0 Å². The molecule has 6 nitrogen and oxygen atoms in total. The Morgan fingerprint density at radius 3 is 2.62 bits per heavy atom. The van der Waals surface area contributed by atoms with Crippen LogP contribution in [-0.4, -0.2) is 24.2 Å². The summed E-state index contributed by atoms with van der Waals surface area (Å²) in [5, 5.41) is 0.488. The molecule has 2 heterocycles. The number of rotatable bonds is 4. The van der Waals surface area contributed by atoms with Gasteiger partial charge in [-0.1, -0.05) is 0 Å². The van der Waals surface area contributed by atoms with Crippen molar-refractivity contribution in [2.45, 2.75) is 32.2 Å². The molecule has 4 rings (SSSR count). The summed E-state index contributed by atoms with van der Waals surface area (Å²) in [6.45, 7) is 0.521. The summed E-state index contributed by atoms with van der Waals surface area (Å²) >= 11 is 0. The molecule has 1 aromatic carbocycles. The fourth-order valence-electron chi connectivity index (χ4n) is 3.58. The summed E-state index contributed by atoms with van der Waals surface area (Å²) in [5.41, 5.74) is 3.25. The van der Waals surface area contributed by atoms with Gasteiger partial charge in [0.15, 0.2) is 29.7 Å². The van der Waals surface area contributed by atoms with Gasteiger partial charge in [-0.3, -0.25) is 4.79 Å². The van der Waals surface area contributed by atoms with Crippen molar-refractivity contribution in [3.05, 3.63) is 57.9 Å². The first-order chi connectivity index (χ1) is 12.7. The van der Waals surface area contributed by atoms with E-state index in [1.807, 2.05) is 0 Å². The van der Waals surface area contributed by atoms with Crippen molar-refractivity contribution in [2.75, 3.05) is 14.2 Å². The van der Waals surface area contributed by atoms with Crippen LogP contribution in [0.2, 0.25) is 0 Å². The number of aromatic amines is 1. The number of benzene rings is 1. The minimum atomic E-state index is -0.176. The Morgan fingerprint density at radius 1 is 1.12 bits per heavy atom. The van der Waals surface area contributed by atoms with E-state index in [1.165, 1.54) is 24.0 Å². The van der Waals surface area contributed by atoms with Gasteiger partial charge in [0.1, 0.15) is 0 Å². The second kappa shape index (κ2) is 6.78. The number of ether oxygens (including phenoxy) is 2. The number of nitrogens with one attached hydrogen (secondary N) is 1. The first-order valence-electron chi connectivity index (χ1n) is 8.83. The summed E-state index contributed by atoms with van der Waals surface area (Å²) in [7, 11) is 3.12. The third-order valence-corrected chi connectivity index (χ3v) is 4.94. The van der Waals surface area contributed by atoms with E-state index in [2.05, 4.69) is 33.0 Å². The SMILES string of the molecule is COc1cc2nc(C[n+]3ccc4c(c3)CCCC4)[nH]c(=O)c2cc1OC. The van der Waals surface area contributed by atoms with Crippen molar-refractivity contribution < 1.29 is 14.0 Å². The molecule has 2 aromatic heterocycles. The minimum absolute atomic E-state index is 0.176. The molecule has 134 valence electrons. The molecule has 0 fully saturated rings. The number of hydrogen-bond donors (Lipinski definition) is 1. The predicted molar refractivity (Wildman–Crippen MR) is 97.8 cm³/mol. The molecule has 0 saturated carbocycles. The van der Waals surface area contributed by atoms with Gasteiger partial charge in [-0.15, -0.1) is 0 Å². The molecule has 1 aliphatic rings. The zero-order valence-electron chi connectivity index (χ0n) is 15.0. The van der Waals surface area contributed by atoms with Crippen molar-refractivity contribution in [3.63, 3.8) is 0 Å². The first-order valence-corrected chi connectivity index (χ1v) is 8.83. The van der Waals surface area contributed by atoms with Crippen LogP contribution in [0.1, 0.15) is 29.8 Å². The van der Waals surface area contributed by atoms with E-state index in [0.29, 0.717) is 34.8 Å². The van der Waals surface area contributed by atoms with Crippen LogP contribution in [0.5, 0.6) is 11.5 Å². The molecular weight excluding hydrogens is 330 g/mol. The molecule has 0 atom stereocenters. The summed E-state index contributed by atoms with van der Waals surface area (Å²) in [6, 6.07) is 5.59. The first kappa shape index (κ1) is 16.6. The van der Waals surface area contributed by atoms with E-state index in [4.69, 9.17) is 9.47 Å². The molecule has 0 bridgehead atoms. The summed E-state index contributed by atoms with van der Waals surface area (Å²) in [5.74, 6) is 1.70. The smallest absolute Gasteiger partial charge is 0.259 e. The molecule has 3 aromatic rings. The topological polar surface area (TPSA) is 68.1 Å². The number of nitrogens with zero attached hydrogens (tertiary/aromatic N) is 2. The Bertz CT molecular complexity index is 1030. The maximum Gasteiger partial charge on any atom is 0.259 e. The van der Waals surface area contributed by atoms with Crippen LogP contribution in [0.25, 0.3) is 10.9 Å². The van der Waals surface area contributed by atoms with Gasteiger partial charge >= 0.3 is 0 Å². The summed E-state index contributed by atoms with van der Waals surface area (Å²) in [6.07, 6.45) is 9.01. The average Bonchev–Trinajstić information content (AvgIpc) is 2.67. The predicted octanol–water partition coefficient (Wildman–Crippen LogP) is 2.15. The molecule has 6 heteroatoms. The quantitative estimate of drug-likeness (QED) is 0.731. The Kier molecular flexibility index (Phi) is 4.32. The Labute approximate surface area is 151 Å². The summed E-state index contributed by atoms with van der Waals surface area (Å²) in [4.78, 5) is 20.0. The number of H-pyrrole nitrogens is 1. The highest BCUT2D eigenvalue weighted by Gasteiger charge is 2.16. The number of pyridine rings is 1. The third-order valence-electron chi connectivity index (χ3n) is 4.94. The van der Waals surface area contributed by atoms with Crippen LogP contribution in [0.3, 0.4) is 0 Å². The molecule has 0 unspecified atom stereocenters. The highest BCUT2D eigenvalue weighted by molar-refractivity contribution is 5.81. The number of aryl methyl sites for hydroxylation is 2. The van der Waals surface area contributed by atoms with Gasteiger partial charge in [-0.25, -0.2) is 4.98 Å². The van der Waals surface area contributed by atoms with Gasteiger partial charge in [-0.05, 0) is 37.3 Å². The minimum Gasteiger partial charge on any atom is -0.493 e. The van der Waals surface area contributed by atoms with Crippen molar-refractivity contribution in [3.8, 4) is 11.5 Å². The fraction of sp³-hybridized carbons (Fsp3) is 0.350. The van der Waals surface area contributed by atoms with Gasteiger partial charge in [0.2, 0.25) is 6.54 Å². The zero-order valence-corrected chi connectivity index (χ0v) is 15.0. The van der Waals surface area contributed by atoms with Crippen LogP contribution in [0.4, 0.5) is 0 Å². The lowest BCUT2D eigenvalue weighted by Crippen LogP contribution is -2.36. The average molecular weight is 352 g/mol. The van der Waals surface area contributed by atoms with E-state index in [-0.39, 0.29) is 5.56 Å². The maximum absolute atomic E-state index is 12.5. The van der Waals surface area contributed by atoms with Crippen LogP contribution >= 0.6 is 0 Å². The molecule has 0 amide bonds. The van der Waals surface area contributed by atoms with Gasteiger partial charge in [-0.2, -0.15) is 4.57 Å². The monoisotopic (exact) mass is 352 g/mol. The molecule has 0 aliphatic heterocycles. The maximum atomic E-state index is 12.5. The molecule has 0 spiro atoms.